The molecule has 5 heteroatoms. The molecule has 2 heterocycles. The van der Waals surface area contributed by atoms with Gasteiger partial charge in [-0.2, -0.15) is 0 Å². The summed E-state index contributed by atoms with van der Waals surface area (Å²) in [5.41, 5.74) is 2.31. The maximum Gasteiger partial charge on any atom is 0.122 e. The molecule has 1 aromatic carbocycles. The van der Waals surface area contributed by atoms with Crippen LogP contribution in [0.2, 0.25) is 0 Å². The summed E-state index contributed by atoms with van der Waals surface area (Å²) >= 11 is 0. The summed E-state index contributed by atoms with van der Waals surface area (Å²) in [5, 5.41) is 1.18. The Morgan fingerprint density at radius 1 is 1.09 bits per heavy atom. The first kappa shape index (κ1) is 15.6. The third kappa shape index (κ3) is 3.75. The molecule has 0 radical (unpaired) electrons. The summed E-state index contributed by atoms with van der Waals surface area (Å²) in [6.45, 7) is 3.15. The lowest BCUT2D eigenvalue weighted by Gasteiger charge is -2.18. The molecule has 0 aliphatic heterocycles. The molecule has 3 aromatic rings. The van der Waals surface area contributed by atoms with E-state index in [1.807, 2.05) is 24.7 Å². The van der Waals surface area contributed by atoms with E-state index in [-0.39, 0.29) is 0 Å². The van der Waals surface area contributed by atoms with Gasteiger partial charge >= 0.3 is 0 Å². The molecule has 0 N–H and O–H groups in total. The lowest BCUT2D eigenvalue weighted by atomic mass is 10.1. The monoisotopic (exact) mass is 310 g/mol. The predicted octanol–water partition coefficient (Wildman–Crippen LogP) is 2.71. The summed E-state index contributed by atoms with van der Waals surface area (Å²) in [4.78, 5) is 11.2. The Kier molecular flexibility index (Phi) is 5.00. The van der Waals surface area contributed by atoms with Crippen molar-refractivity contribution in [1.82, 2.24) is 19.4 Å². The summed E-state index contributed by atoms with van der Waals surface area (Å²) in [6, 6.07) is 10.4. The van der Waals surface area contributed by atoms with Crippen LogP contribution in [0.4, 0.5) is 0 Å². The first-order chi connectivity index (χ1) is 11.3. The van der Waals surface area contributed by atoms with Gasteiger partial charge < -0.3 is 9.30 Å². The smallest absolute Gasteiger partial charge is 0.122 e. The number of ether oxygens (including phenoxy) is 1. The molecule has 0 unspecified atom stereocenters. The zero-order chi connectivity index (χ0) is 16.1. The van der Waals surface area contributed by atoms with E-state index in [2.05, 4.69) is 50.7 Å². The van der Waals surface area contributed by atoms with E-state index in [4.69, 9.17) is 4.74 Å². The third-order valence-corrected chi connectivity index (χ3v) is 3.91. The standard InChI is InChI=1S/C18H22N4O/c1-21(14-17-19-9-10-22(17)11-12-23-2)13-16-6-3-5-15-7-4-8-20-18(15)16/h3-10H,11-14H2,1-2H3. The highest BCUT2D eigenvalue weighted by Crippen LogP contribution is 2.17. The van der Waals surface area contributed by atoms with Crippen molar-refractivity contribution in [1.29, 1.82) is 0 Å². The van der Waals surface area contributed by atoms with Crippen LogP contribution in [0, 0.1) is 0 Å². The van der Waals surface area contributed by atoms with E-state index in [9.17, 15) is 0 Å². The molecule has 3 rings (SSSR count). The Hall–Kier alpha value is -2.24. The molecular formula is C18H22N4O. The van der Waals surface area contributed by atoms with Crippen LogP contribution < -0.4 is 0 Å². The van der Waals surface area contributed by atoms with Crippen LogP contribution in [0.15, 0.2) is 48.9 Å². The topological polar surface area (TPSA) is 43.2 Å². The van der Waals surface area contributed by atoms with Gasteiger partial charge in [0.05, 0.1) is 18.7 Å². The Morgan fingerprint density at radius 2 is 1.96 bits per heavy atom. The Labute approximate surface area is 136 Å². The number of fused-ring (bicyclic) bond motifs is 1. The average Bonchev–Trinajstić information content (AvgIpc) is 3.00. The molecule has 0 atom stereocenters. The van der Waals surface area contributed by atoms with E-state index >= 15 is 0 Å². The first-order valence-corrected chi connectivity index (χ1v) is 7.78. The van der Waals surface area contributed by atoms with Gasteiger partial charge in [0.1, 0.15) is 5.82 Å². The highest BCUT2D eigenvalue weighted by Gasteiger charge is 2.09. The third-order valence-electron chi connectivity index (χ3n) is 3.91. The van der Waals surface area contributed by atoms with E-state index in [1.165, 1.54) is 10.9 Å². The lowest BCUT2D eigenvalue weighted by Crippen LogP contribution is -2.21. The number of pyridine rings is 1. The highest BCUT2D eigenvalue weighted by atomic mass is 16.5. The van der Waals surface area contributed by atoms with Crippen molar-refractivity contribution in [3.8, 4) is 0 Å². The molecule has 0 saturated heterocycles. The van der Waals surface area contributed by atoms with Crippen LogP contribution in [0.1, 0.15) is 11.4 Å². The van der Waals surface area contributed by atoms with Gasteiger partial charge in [0.15, 0.2) is 0 Å². The molecule has 0 saturated carbocycles. The minimum atomic E-state index is 0.695. The number of para-hydroxylation sites is 1. The normalized spacial score (nSPS) is 11.4. The van der Waals surface area contributed by atoms with Crippen LogP contribution in [0.5, 0.6) is 0 Å². The summed E-state index contributed by atoms with van der Waals surface area (Å²) < 4.78 is 7.29. The molecule has 0 amide bonds. The van der Waals surface area contributed by atoms with Gasteiger partial charge in [-0.15, -0.1) is 0 Å². The number of aromatic nitrogens is 3. The van der Waals surface area contributed by atoms with E-state index in [0.29, 0.717) is 6.61 Å². The largest absolute Gasteiger partial charge is 0.383 e. The van der Waals surface area contributed by atoms with E-state index in [0.717, 1.165) is 31.0 Å². The molecule has 0 bridgehead atoms. The maximum atomic E-state index is 5.15. The van der Waals surface area contributed by atoms with Crippen molar-refractivity contribution in [3.05, 3.63) is 60.3 Å². The lowest BCUT2D eigenvalue weighted by molar-refractivity contribution is 0.184. The SMILES string of the molecule is COCCn1ccnc1CN(C)Cc1cccc2cccnc12. The molecule has 5 nitrogen and oxygen atoms in total. The van der Waals surface area contributed by atoms with Gasteiger partial charge in [-0.3, -0.25) is 9.88 Å². The minimum absolute atomic E-state index is 0.695. The fraction of sp³-hybridized carbons (Fsp3) is 0.333. The van der Waals surface area contributed by atoms with Crippen LogP contribution in [-0.2, 0) is 24.4 Å². The van der Waals surface area contributed by atoms with Crippen LogP contribution in [-0.4, -0.2) is 40.2 Å². The number of imidazole rings is 1. The van der Waals surface area contributed by atoms with Gasteiger partial charge in [0.25, 0.3) is 0 Å². The van der Waals surface area contributed by atoms with Crippen LogP contribution >= 0.6 is 0 Å². The second kappa shape index (κ2) is 7.35. The highest BCUT2D eigenvalue weighted by molar-refractivity contribution is 5.81. The van der Waals surface area contributed by atoms with E-state index < -0.39 is 0 Å². The fourth-order valence-corrected chi connectivity index (χ4v) is 2.77. The molecular weight excluding hydrogens is 288 g/mol. The van der Waals surface area contributed by atoms with Gasteiger partial charge in [-0.05, 0) is 18.7 Å². The summed E-state index contributed by atoms with van der Waals surface area (Å²) in [7, 11) is 3.83. The number of hydrogen-bond donors (Lipinski definition) is 0. The number of benzene rings is 1. The van der Waals surface area contributed by atoms with Crippen molar-refractivity contribution < 1.29 is 4.74 Å². The zero-order valence-corrected chi connectivity index (χ0v) is 13.6. The van der Waals surface area contributed by atoms with Crippen molar-refractivity contribution in [2.24, 2.45) is 0 Å². The quantitative estimate of drug-likeness (QED) is 0.673. The van der Waals surface area contributed by atoms with Gasteiger partial charge in [0, 0.05) is 44.2 Å². The number of hydrogen-bond acceptors (Lipinski definition) is 4. The summed E-state index contributed by atoms with van der Waals surface area (Å²) in [5.74, 6) is 1.05. The summed E-state index contributed by atoms with van der Waals surface area (Å²) in [6.07, 6.45) is 5.70. The van der Waals surface area contributed by atoms with Gasteiger partial charge in [-0.25, -0.2) is 4.98 Å². The Bertz CT molecular complexity index is 763. The maximum absolute atomic E-state index is 5.15. The van der Waals surface area contributed by atoms with Crippen molar-refractivity contribution in [2.75, 3.05) is 20.8 Å². The average molecular weight is 310 g/mol. The van der Waals surface area contributed by atoms with Gasteiger partial charge in [0.2, 0.25) is 0 Å². The van der Waals surface area contributed by atoms with Crippen molar-refractivity contribution >= 4 is 10.9 Å². The van der Waals surface area contributed by atoms with Gasteiger partial charge in [-0.1, -0.05) is 24.3 Å². The Balaban J connectivity index is 1.72. The number of nitrogens with zero attached hydrogens (tertiary/aromatic N) is 4. The van der Waals surface area contributed by atoms with Crippen molar-refractivity contribution in [3.63, 3.8) is 0 Å². The molecule has 23 heavy (non-hydrogen) atoms. The second-order valence-electron chi connectivity index (χ2n) is 5.69. The molecule has 0 aliphatic carbocycles. The number of rotatable bonds is 7. The zero-order valence-electron chi connectivity index (χ0n) is 13.6. The Morgan fingerprint density at radius 3 is 2.83 bits per heavy atom. The fourth-order valence-electron chi connectivity index (χ4n) is 2.77. The van der Waals surface area contributed by atoms with Crippen molar-refractivity contribution in [2.45, 2.75) is 19.6 Å². The molecule has 120 valence electrons. The molecule has 0 spiro atoms. The molecule has 0 fully saturated rings. The van der Waals surface area contributed by atoms with E-state index in [1.54, 1.807) is 7.11 Å². The molecule has 0 aliphatic rings. The molecule has 2 aromatic heterocycles. The minimum Gasteiger partial charge on any atom is -0.383 e. The van der Waals surface area contributed by atoms with Crippen LogP contribution in [0.25, 0.3) is 10.9 Å². The number of methoxy groups -OCH3 is 1. The second-order valence-corrected chi connectivity index (χ2v) is 5.69. The van der Waals surface area contributed by atoms with Crippen LogP contribution in [0.3, 0.4) is 0 Å². The first-order valence-electron chi connectivity index (χ1n) is 7.78. The predicted molar refractivity (Wildman–Crippen MR) is 91.0 cm³/mol.